The number of carbonyl (C=O) groups is 1. The third kappa shape index (κ3) is 4.01. The molecule has 0 radical (unpaired) electrons. The van der Waals surface area contributed by atoms with Crippen molar-refractivity contribution in [3.05, 3.63) is 36.3 Å². The number of pyridine rings is 1. The van der Waals surface area contributed by atoms with Gasteiger partial charge < -0.3 is 19.9 Å². The number of hydrogen-bond donors (Lipinski definition) is 1. The van der Waals surface area contributed by atoms with Gasteiger partial charge in [0.25, 0.3) is 0 Å². The quantitative estimate of drug-likeness (QED) is 0.883. The van der Waals surface area contributed by atoms with Gasteiger partial charge in [0.2, 0.25) is 0 Å². The van der Waals surface area contributed by atoms with Crippen molar-refractivity contribution in [1.29, 1.82) is 0 Å². The molecule has 0 bridgehead atoms. The van der Waals surface area contributed by atoms with E-state index in [2.05, 4.69) is 15.4 Å². The van der Waals surface area contributed by atoms with Crippen LogP contribution in [0.1, 0.15) is 12.1 Å². The Balaban J connectivity index is 1.53. The van der Waals surface area contributed by atoms with Gasteiger partial charge in [-0.25, -0.2) is 9.78 Å². The lowest BCUT2D eigenvalue weighted by Gasteiger charge is -2.20. The molecule has 1 aliphatic rings. The van der Waals surface area contributed by atoms with Crippen molar-refractivity contribution < 1.29 is 9.53 Å². The molecule has 3 rings (SSSR count). The lowest BCUT2D eigenvalue weighted by atomic mass is 10.3. The number of ether oxygens (including phenoxy) is 1. The number of carbonyl (C=O) groups excluding carboxylic acids is 1. The summed E-state index contributed by atoms with van der Waals surface area (Å²) in [7, 11) is 5.72. The average molecular weight is 344 g/mol. The van der Waals surface area contributed by atoms with Crippen LogP contribution in [0.15, 0.2) is 30.6 Å². The van der Waals surface area contributed by atoms with Crippen LogP contribution < -0.4 is 15.0 Å². The minimum absolute atomic E-state index is 0.0228. The lowest BCUT2D eigenvalue weighted by Crippen LogP contribution is -2.39. The van der Waals surface area contributed by atoms with Crippen molar-refractivity contribution in [3.63, 3.8) is 0 Å². The number of aryl methyl sites for hydroxylation is 1. The number of urea groups is 1. The molecule has 1 aliphatic heterocycles. The predicted molar refractivity (Wildman–Crippen MR) is 94.6 cm³/mol. The van der Waals surface area contributed by atoms with Crippen molar-refractivity contribution >= 4 is 11.8 Å². The van der Waals surface area contributed by atoms with E-state index in [0.717, 1.165) is 23.7 Å². The van der Waals surface area contributed by atoms with Crippen LogP contribution >= 0.6 is 0 Å². The summed E-state index contributed by atoms with van der Waals surface area (Å²) in [5.74, 6) is 1.54. The predicted octanol–water partition coefficient (Wildman–Crippen LogP) is 1.24. The van der Waals surface area contributed by atoms with Crippen LogP contribution in [0.25, 0.3) is 0 Å². The number of aromatic nitrogens is 3. The van der Waals surface area contributed by atoms with Crippen molar-refractivity contribution in [2.45, 2.75) is 19.1 Å². The largest absolute Gasteiger partial charge is 0.485 e. The van der Waals surface area contributed by atoms with E-state index in [4.69, 9.17) is 4.74 Å². The van der Waals surface area contributed by atoms with E-state index in [9.17, 15) is 4.79 Å². The van der Waals surface area contributed by atoms with Crippen molar-refractivity contribution in [1.82, 2.24) is 25.0 Å². The highest BCUT2D eigenvalue weighted by molar-refractivity contribution is 5.74. The Morgan fingerprint density at radius 2 is 2.24 bits per heavy atom. The maximum atomic E-state index is 12.3. The molecule has 134 valence electrons. The van der Waals surface area contributed by atoms with Gasteiger partial charge in [-0.05, 0) is 18.2 Å². The van der Waals surface area contributed by atoms with E-state index in [1.54, 1.807) is 22.0 Å². The van der Waals surface area contributed by atoms with E-state index < -0.39 is 0 Å². The van der Waals surface area contributed by atoms with Crippen LogP contribution in [0.2, 0.25) is 0 Å². The fourth-order valence-electron chi connectivity index (χ4n) is 2.85. The van der Waals surface area contributed by atoms with E-state index >= 15 is 0 Å². The number of amides is 2. The zero-order valence-corrected chi connectivity index (χ0v) is 14.8. The van der Waals surface area contributed by atoms with Gasteiger partial charge in [-0.15, -0.1) is 0 Å². The summed E-state index contributed by atoms with van der Waals surface area (Å²) in [4.78, 5) is 20.4. The summed E-state index contributed by atoms with van der Waals surface area (Å²) < 4.78 is 7.83. The Morgan fingerprint density at radius 1 is 1.40 bits per heavy atom. The highest BCUT2D eigenvalue weighted by atomic mass is 16.5. The molecular weight excluding hydrogens is 320 g/mol. The maximum Gasteiger partial charge on any atom is 0.317 e. The molecule has 0 aliphatic carbocycles. The summed E-state index contributed by atoms with van der Waals surface area (Å²) in [6.07, 6.45) is 4.25. The number of nitrogens with zero attached hydrogens (tertiary/aromatic N) is 5. The Labute approximate surface area is 147 Å². The zero-order valence-electron chi connectivity index (χ0n) is 14.8. The summed E-state index contributed by atoms with van der Waals surface area (Å²) in [5.41, 5.74) is 0.964. The Bertz CT molecular complexity index is 729. The summed E-state index contributed by atoms with van der Waals surface area (Å²) in [6, 6.07) is 5.58. The van der Waals surface area contributed by atoms with Crippen LogP contribution in [0.4, 0.5) is 10.6 Å². The van der Waals surface area contributed by atoms with Crippen LogP contribution in [0.3, 0.4) is 0 Å². The average Bonchev–Trinajstić information content (AvgIpc) is 3.22. The maximum absolute atomic E-state index is 12.3. The monoisotopic (exact) mass is 344 g/mol. The standard InChI is InChI=1S/C17H24N6O2/c1-21(2)16-15(5-4-8-18-16)25-14-7-10-23(12-14)17(24)19-11-13-6-9-20-22(13)3/h4-6,8-9,14H,7,10-12H2,1-3H3,(H,19,24)/t14-/m0/s1. The van der Waals surface area contributed by atoms with Gasteiger partial charge in [0.1, 0.15) is 6.10 Å². The van der Waals surface area contributed by atoms with E-state index in [-0.39, 0.29) is 12.1 Å². The summed E-state index contributed by atoms with van der Waals surface area (Å²) in [5, 5.41) is 7.03. The number of nitrogens with one attached hydrogen (secondary N) is 1. The highest BCUT2D eigenvalue weighted by Gasteiger charge is 2.28. The Morgan fingerprint density at radius 3 is 2.96 bits per heavy atom. The van der Waals surface area contributed by atoms with Gasteiger partial charge in [-0.1, -0.05) is 0 Å². The Hall–Kier alpha value is -2.77. The van der Waals surface area contributed by atoms with E-state index in [1.807, 2.05) is 44.2 Å². The molecule has 2 amide bonds. The molecule has 3 heterocycles. The molecular formula is C17H24N6O2. The topological polar surface area (TPSA) is 75.5 Å². The molecule has 0 saturated carbocycles. The second-order valence-electron chi connectivity index (χ2n) is 6.30. The molecule has 1 saturated heterocycles. The van der Waals surface area contributed by atoms with Crippen molar-refractivity contribution in [2.24, 2.45) is 7.05 Å². The van der Waals surface area contributed by atoms with Crippen LogP contribution in [-0.2, 0) is 13.6 Å². The number of rotatable bonds is 5. The molecule has 2 aromatic heterocycles. The number of hydrogen-bond acceptors (Lipinski definition) is 5. The van der Waals surface area contributed by atoms with E-state index in [0.29, 0.717) is 19.6 Å². The Kier molecular flexibility index (Phi) is 5.06. The van der Waals surface area contributed by atoms with E-state index in [1.165, 1.54) is 0 Å². The molecule has 8 nitrogen and oxygen atoms in total. The molecule has 25 heavy (non-hydrogen) atoms. The minimum atomic E-state index is -0.0775. The fraction of sp³-hybridized carbons (Fsp3) is 0.471. The zero-order chi connectivity index (χ0) is 17.8. The summed E-state index contributed by atoms with van der Waals surface area (Å²) >= 11 is 0. The molecule has 0 unspecified atom stereocenters. The number of likely N-dealkylation sites (tertiary alicyclic amines) is 1. The number of anilines is 1. The first-order chi connectivity index (χ1) is 12.0. The molecule has 0 aromatic carbocycles. The molecule has 1 atom stereocenters. The van der Waals surface area contributed by atoms with Gasteiger partial charge in [-0.3, -0.25) is 4.68 Å². The van der Waals surface area contributed by atoms with Gasteiger partial charge in [0, 0.05) is 46.5 Å². The smallest absolute Gasteiger partial charge is 0.317 e. The van der Waals surface area contributed by atoms with Crippen molar-refractivity contribution in [3.8, 4) is 5.75 Å². The van der Waals surface area contributed by atoms with Crippen LogP contribution in [0.5, 0.6) is 5.75 Å². The first-order valence-electron chi connectivity index (χ1n) is 8.33. The minimum Gasteiger partial charge on any atom is -0.485 e. The first kappa shape index (κ1) is 17.1. The van der Waals surface area contributed by atoms with Crippen molar-refractivity contribution in [2.75, 3.05) is 32.1 Å². The molecule has 1 fully saturated rings. The van der Waals surface area contributed by atoms with Gasteiger partial charge in [0.05, 0.1) is 18.8 Å². The van der Waals surface area contributed by atoms with Gasteiger partial charge >= 0.3 is 6.03 Å². The molecule has 0 spiro atoms. The molecule has 1 N–H and O–H groups in total. The normalized spacial score (nSPS) is 16.8. The second-order valence-corrected chi connectivity index (χ2v) is 6.30. The van der Waals surface area contributed by atoms with Gasteiger partial charge in [0.15, 0.2) is 11.6 Å². The summed E-state index contributed by atoms with van der Waals surface area (Å²) in [6.45, 7) is 1.71. The fourth-order valence-corrected chi connectivity index (χ4v) is 2.85. The molecule has 2 aromatic rings. The third-order valence-electron chi connectivity index (χ3n) is 4.24. The van der Waals surface area contributed by atoms with Gasteiger partial charge in [-0.2, -0.15) is 5.10 Å². The molecule has 8 heteroatoms. The third-order valence-corrected chi connectivity index (χ3v) is 4.24. The van der Waals surface area contributed by atoms with Crippen LogP contribution in [-0.4, -0.2) is 59.0 Å². The lowest BCUT2D eigenvalue weighted by molar-refractivity contribution is 0.186. The highest BCUT2D eigenvalue weighted by Crippen LogP contribution is 2.26. The SMILES string of the molecule is CN(C)c1ncccc1O[C@H]1CCN(C(=O)NCc2ccnn2C)C1. The van der Waals surface area contributed by atoms with Crippen LogP contribution in [0, 0.1) is 0 Å². The second kappa shape index (κ2) is 7.42. The first-order valence-corrected chi connectivity index (χ1v) is 8.33.